The Balaban J connectivity index is 3.67. The van der Waals surface area contributed by atoms with Crippen molar-refractivity contribution in [2.24, 2.45) is 0 Å². The summed E-state index contributed by atoms with van der Waals surface area (Å²) in [5.74, 6) is -0.288. The first-order chi connectivity index (χ1) is 8.39. The predicted molar refractivity (Wildman–Crippen MR) is 76.1 cm³/mol. The van der Waals surface area contributed by atoms with E-state index in [9.17, 15) is 4.79 Å². The molecule has 0 spiro atoms. The normalized spacial score (nSPS) is 11.3. The highest BCUT2D eigenvalue weighted by molar-refractivity contribution is 5.86. The van der Waals surface area contributed by atoms with Gasteiger partial charge in [0.05, 0.1) is 20.6 Å². The van der Waals surface area contributed by atoms with Gasteiger partial charge in [0, 0.05) is 5.57 Å². The zero-order valence-corrected chi connectivity index (χ0v) is 12.6. The van der Waals surface area contributed by atoms with Crippen molar-refractivity contribution in [3.8, 4) is 0 Å². The van der Waals surface area contributed by atoms with E-state index in [0.717, 1.165) is 11.0 Å². The topological polar surface area (TPSA) is 26.3 Å². The van der Waals surface area contributed by atoms with Crippen molar-refractivity contribution in [2.75, 3.05) is 27.4 Å². The molecule has 0 amide bonds. The molecule has 0 aromatic heterocycles. The van der Waals surface area contributed by atoms with Crippen molar-refractivity contribution in [1.82, 2.24) is 0 Å². The molecule has 0 rings (SSSR count). The highest BCUT2D eigenvalue weighted by Crippen LogP contribution is 2.08. The summed E-state index contributed by atoms with van der Waals surface area (Å²) >= 11 is 0. The van der Waals surface area contributed by atoms with E-state index in [0.29, 0.717) is 12.3 Å². The van der Waals surface area contributed by atoms with Crippen LogP contribution in [0.15, 0.2) is 12.2 Å². The summed E-state index contributed by atoms with van der Waals surface area (Å²) in [4.78, 5) is 11.3. The number of esters is 1. The van der Waals surface area contributed by atoms with Gasteiger partial charge in [-0.2, -0.15) is 0 Å². The van der Waals surface area contributed by atoms with Gasteiger partial charge in [-0.15, -0.1) is 0 Å². The first-order valence-electron chi connectivity index (χ1n) is 7.03. The molecule has 3 heteroatoms. The molecule has 0 radical (unpaired) electrons. The molecule has 0 aliphatic carbocycles. The first-order valence-corrected chi connectivity index (χ1v) is 7.03. The van der Waals surface area contributed by atoms with E-state index in [-0.39, 0.29) is 5.97 Å². The van der Waals surface area contributed by atoms with Gasteiger partial charge in [-0.3, -0.25) is 4.48 Å². The molecule has 0 saturated carbocycles. The lowest BCUT2D eigenvalue weighted by molar-refractivity contribution is -0.907. The van der Waals surface area contributed by atoms with E-state index in [4.69, 9.17) is 4.74 Å². The second-order valence-electron chi connectivity index (χ2n) is 5.77. The van der Waals surface area contributed by atoms with Crippen LogP contribution in [0.1, 0.15) is 52.4 Å². The highest BCUT2D eigenvalue weighted by atomic mass is 16.5. The maximum absolute atomic E-state index is 11.3. The van der Waals surface area contributed by atoms with Crippen LogP contribution in [0.4, 0.5) is 0 Å². The van der Waals surface area contributed by atoms with E-state index in [1.54, 1.807) is 6.92 Å². The van der Waals surface area contributed by atoms with Crippen molar-refractivity contribution in [2.45, 2.75) is 52.4 Å². The Morgan fingerprint density at radius 3 is 2.22 bits per heavy atom. The lowest BCUT2D eigenvalue weighted by Gasteiger charge is -2.28. The molecule has 0 saturated heterocycles. The molecule has 0 heterocycles. The number of unbranched alkanes of at least 4 members (excludes halogenated alkanes) is 5. The summed E-state index contributed by atoms with van der Waals surface area (Å²) in [6, 6.07) is 0. The second-order valence-corrected chi connectivity index (χ2v) is 5.77. The van der Waals surface area contributed by atoms with Crippen LogP contribution in [0.5, 0.6) is 0 Å². The van der Waals surface area contributed by atoms with Gasteiger partial charge in [0.2, 0.25) is 6.73 Å². The van der Waals surface area contributed by atoms with E-state index >= 15 is 0 Å². The summed E-state index contributed by atoms with van der Waals surface area (Å²) in [5, 5.41) is 0. The molecule has 18 heavy (non-hydrogen) atoms. The van der Waals surface area contributed by atoms with Crippen LogP contribution in [0.2, 0.25) is 0 Å². The average molecular weight is 256 g/mol. The maximum atomic E-state index is 11.3. The Labute approximate surface area is 112 Å². The lowest BCUT2D eigenvalue weighted by atomic mass is 10.1. The zero-order chi connectivity index (χ0) is 14.0. The van der Waals surface area contributed by atoms with Crippen LogP contribution in [-0.2, 0) is 9.53 Å². The molecular weight excluding hydrogens is 226 g/mol. The fourth-order valence-electron chi connectivity index (χ4n) is 1.74. The predicted octanol–water partition coefficient (Wildman–Crippen LogP) is 3.50. The molecule has 0 N–H and O–H groups in total. The first kappa shape index (κ1) is 17.2. The van der Waals surface area contributed by atoms with Crippen molar-refractivity contribution < 1.29 is 14.0 Å². The Morgan fingerprint density at radius 1 is 1.11 bits per heavy atom. The number of rotatable bonds is 10. The van der Waals surface area contributed by atoms with E-state index in [2.05, 4.69) is 27.6 Å². The Morgan fingerprint density at radius 2 is 1.67 bits per heavy atom. The Kier molecular flexibility index (Phi) is 8.73. The molecule has 0 aliphatic rings. The fraction of sp³-hybridized carbons (Fsp3) is 0.800. The SMILES string of the molecule is C=C(C)C(=O)OC[N+](C)(C)CCCCCCCC. The van der Waals surface area contributed by atoms with Gasteiger partial charge in [0.1, 0.15) is 0 Å². The van der Waals surface area contributed by atoms with Crippen LogP contribution >= 0.6 is 0 Å². The minimum absolute atomic E-state index is 0.288. The van der Waals surface area contributed by atoms with Crippen molar-refractivity contribution in [1.29, 1.82) is 0 Å². The monoisotopic (exact) mass is 256 g/mol. The molecule has 0 aromatic carbocycles. The van der Waals surface area contributed by atoms with Gasteiger partial charge in [0.25, 0.3) is 0 Å². The van der Waals surface area contributed by atoms with Gasteiger partial charge in [0.15, 0.2) is 0 Å². The van der Waals surface area contributed by atoms with E-state index in [1.165, 1.54) is 38.5 Å². The lowest BCUT2D eigenvalue weighted by Crippen LogP contribution is -2.43. The fourth-order valence-corrected chi connectivity index (χ4v) is 1.74. The quantitative estimate of drug-likeness (QED) is 0.197. The largest absolute Gasteiger partial charge is 0.412 e. The van der Waals surface area contributed by atoms with E-state index < -0.39 is 0 Å². The van der Waals surface area contributed by atoms with Crippen LogP contribution < -0.4 is 0 Å². The number of hydrogen-bond acceptors (Lipinski definition) is 2. The van der Waals surface area contributed by atoms with Gasteiger partial charge < -0.3 is 4.74 Å². The minimum atomic E-state index is -0.288. The molecule has 0 aliphatic heterocycles. The summed E-state index contributed by atoms with van der Waals surface area (Å²) in [6.45, 7) is 8.97. The van der Waals surface area contributed by atoms with Crippen LogP contribution in [0.25, 0.3) is 0 Å². The average Bonchev–Trinajstić information content (AvgIpc) is 2.30. The molecule has 0 fully saturated rings. The number of quaternary nitrogens is 1. The second kappa shape index (κ2) is 9.15. The van der Waals surface area contributed by atoms with Crippen LogP contribution in [-0.4, -0.2) is 37.8 Å². The number of carbonyl (C=O) groups is 1. The summed E-state index contributed by atoms with van der Waals surface area (Å²) in [7, 11) is 4.19. The van der Waals surface area contributed by atoms with Gasteiger partial charge in [-0.25, -0.2) is 4.79 Å². The molecule has 0 aromatic rings. The maximum Gasteiger partial charge on any atom is 0.337 e. The number of ether oxygens (including phenoxy) is 1. The molecule has 0 unspecified atom stereocenters. The van der Waals surface area contributed by atoms with Gasteiger partial charge in [-0.1, -0.05) is 39.2 Å². The summed E-state index contributed by atoms with van der Waals surface area (Å²) in [5.41, 5.74) is 0.467. The smallest absolute Gasteiger partial charge is 0.337 e. The summed E-state index contributed by atoms with van der Waals surface area (Å²) in [6.07, 6.45) is 7.76. The zero-order valence-electron chi connectivity index (χ0n) is 12.6. The van der Waals surface area contributed by atoms with Crippen LogP contribution in [0.3, 0.4) is 0 Å². The van der Waals surface area contributed by atoms with E-state index in [1.807, 2.05) is 0 Å². The molecule has 3 nitrogen and oxygen atoms in total. The van der Waals surface area contributed by atoms with Crippen LogP contribution in [0, 0.1) is 0 Å². The highest BCUT2D eigenvalue weighted by Gasteiger charge is 2.17. The number of hydrogen-bond donors (Lipinski definition) is 0. The van der Waals surface area contributed by atoms with Crippen molar-refractivity contribution in [3.63, 3.8) is 0 Å². The number of carbonyl (C=O) groups excluding carboxylic acids is 1. The third kappa shape index (κ3) is 9.23. The summed E-state index contributed by atoms with van der Waals surface area (Å²) < 4.78 is 5.93. The Bertz CT molecular complexity index is 259. The van der Waals surface area contributed by atoms with Crippen molar-refractivity contribution in [3.05, 3.63) is 12.2 Å². The standard InChI is InChI=1S/C15H30NO2/c1-6-7-8-9-10-11-12-16(4,5)13-18-15(17)14(2)3/h2,6-13H2,1,3-5H3/q+1. The molecule has 0 bridgehead atoms. The Hall–Kier alpha value is -0.830. The number of nitrogens with zero attached hydrogens (tertiary/aromatic N) is 1. The third-order valence-corrected chi connectivity index (χ3v) is 3.01. The molecule has 0 atom stereocenters. The third-order valence-electron chi connectivity index (χ3n) is 3.01. The molecular formula is C15H30NO2+. The van der Waals surface area contributed by atoms with Crippen molar-refractivity contribution >= 4 is 5.97 Å². The van der Waals surface area contributed by atoms with Gasteiger partial charge >= 0.3 is 5.97 Å². The minimum Gasteiger partial charge on any atom is -0.412 e. The molecule has 106 valence electrons. The van der Waals surface area contributed by atoms with Gasteiger partial charge in [-0.05, 0) is 19.8 Å².